The fraction of sp³-hybridized carbons (Fsp3) is 0. The van der Waals surface area contributed by atoms with Crippen LogP contribution in [-0.2, 0) is 20.0 Å². The molecule has 0 heterocycles. The van der Waals surface area contributed by atoms with Gasteiger partial charge in [-0.15, -0.1) is 0 Å². The van der Waals surface area contributed by atoms with E-state index >= 15 is 0 Å². The fourth-order valence-electron chi connectivity index (χ4n) is 2.70. The maximum absolute atomic E-state index is 13.4. The molecule has 0 spiro atoms. The quantitative estimate of drug-likeness (QED) is 0.322. The number of halogens is 1. The van der Waals surface area contributed by atoms with Crippen molar-refractivity contribution in [1.29, 1.82) is 0 Å². The van der Waals surface area contributed by atoms with Crippen molar-refractivity contribution in [3.05, 3.63) is 97.5 Å². The summed E-state index contributed by atoms with van der Waals surface area (Å²) >= 11 is 3.14. The summed E-state index contributed by atoms with van der Waals surface area (Å²) < 4.78 is 54.2. The molecular weight excluding hydrogens is 530 g/mol. The van der Waals surface area contributed by atoms with Gasteiger partial charge in [-0.1, -0.05) is 34.1 Å². The molecule has 0 amide bonds. The SMILES string of the molecule is O=[N+]([O-])c1cccc(S(=O)(=O)N(c2cccc(Br)c2)S(=O)(=O)c2cccc([N+](=O)[O-])c2)c1. The van der Waals surface area contributed by atoms with Crippen LogP contribution in [0.4, 0.5) is 17.1 Å². The second-order valence-corrected chi connectivity index (χ2v) is 10.9. The lowest BCUT2D eigenvalue weighted by Gasteiger charge is -2.24. The Bertz CT molecular complexity index is 1350. The molecule has 3 rings (SSSR count). The minimum absolute atomic E-state index is 0.0862. The van der Waals surface area contributed by atoms with E-state index in [1.54, 1.807) is 0 Å². The number of sulfonamides is 2. The van der Waals surface area contributed by atoms with Gasteiger partial charge in [0.2, 0.25) is 0 Å². The highest BCUT2D eigenvalue weighted by Crippen LogP contribution is 2.34. The predicted octanol–water partition coefficient (Wildman–Crippen LogP) is 3.85. The van der Waals surface area contributed by atoms with E-state index < -0.39 is 51.1 Å². The van der Waals surface area contributed by atoms with E-state index in [-0.39, 0.29) is 9.40 Å². The van der Waals surface area contributed by atoms with Gasteiger partial charge in [0.05, 0.1) is 25.3 Å². The zero-order valence-electron chi connectivity index (χ0n) is 15.7. The number of hydrogen-bond acceptors (Lipinski definition) is 8. The molecule has 14 heteroatoms. The van der Waals surface area contributed by atoms with Gasteiger partial charge in [-0.2, -0.15) is 3.71 Å². The molecule has 166 valence electrons. The van der Waals surface area contributed by atoms with Crippen LogP contribution in [-0.4, -0.2) is 26.7 Å². The summed E-state index contributed by atoms with van der Waals surface area (Å²) in [5, 5.41) is 22.2. The Morgan fingerprint density at radius 3 is 1.53 bits per heavy atom. The molecule has 0 atom stereocenters. The average Bonchev–Trinajstić information content (AvgIpc) is 2.73. The van der Waals surface area contributed by atoms with Crippen LogP contribution < -0.4 is 3.71 Å². The van der Waals surface area contributed by atoms with Crippen LogP contribution in [0.3, 0.4) is 0 Å². The molecule has 0 aliphatic heterocycles. The van der Waals surface area contributed by atoms with Crippen molar-refractivity contribution in [2.24, 2.45) is 0 Å². The highest BCUT2D eigenvalue weighted by atomic mass is 79.9. The lowest BCUT2D eigenvalue weighted by molar-refractivity contribution is -0.385. The monoisotopic (exact) mass is 541 g/mol. The van der Waals surface area contributed by atoms with Crippen LogP contribution in [0.1, 0.15) is 0 Å². The van der Waals surface area contributed by atoms with Crippen molar-refractivity contribution in [3.8, 4) is 0 Å². The first-order chi connectivity index (χ1) is 14.9. The Morgan fingerprint density at radius 1 is 0.688 bits per heavy atom. The molecule has 0 aromatic heterocycles. The first-order valence-corrected chi connectivity index (χ1v) is 12.2. The molecule has 0 saturated heterocycles. The van der Waals surface area contributed by atoms with Crippen LogP contribution in [0, 0.1) is 20.2 Å². The Hall–Kier alpha value is -3.36. The number of non-ortho nitro benzene ring substituents is 2. The molecule has 0 bridgehead atoms. The summed E-state index contributed by atoms with van der Waals surface area (Å²) in [5.41, 5.74) is -1.43. The largest absolute Gasteiger partial charge is 0.277 e. The third-order valence-electron chi connectivity index (χ3n) is 4.11. The number of benzene rings is 3. The van der Waals surface area contributed by atoms with Gasteiger partial charge in [-0.3, -0.25) is 20.2 Å². The number of nitro benzene ring substituents is 2. The van der Waals surface area contributed by atoms with Crippen LogP contribution in [0.5, 0.6) is 0 Å². The molecule has 32 heavy (non-hydrogen) atoms. The van der Waals surface area contributed by atoms with E-state index in [1.807, 2.05) is 0 Å². The van der Waals surface area contributed by atoms with Gasteiger partial charge >= 0.3 is 0 Å². The van der Waals surface area contributed by atoms with Crippen LogP contribution >= 0.6 is 15.9 Å². The van der Waals surface area contributed by atoms with Crippen molar-refractivity contribution in [2.45, 2.75) is 9.79 Å². The Kier molecular flexibility index (Phi) is 6.29. The molecular formula is C18H12BrN3O8S2. The normalized spacial score (nSPS) is 11.7. The smallest absolute Gasteiger partial charge is 0.258 e. The predicted molar refractivity (Wildman–Crippen MR) is 117 cm³/mol. The van der Waals surface area contributed by atoms with Gasteiger partial charge < -0.3 is 0 Å². The Balaban J connectivity index is 2.30. The summed E-state index contributed by atoms with van der Waals surface area (Å²) in [6.45, 7) is 0. The first kappa shape index (κ1) is 23.3. The Morgan fingerprint density at radius 2 is 1.12 bits per heavy atom. The first-order valence-electron chi connectivity index (χ1n) is 8.49. The number of nitro groups is 2. The highest BCUT2D eigenvalue weighted by molar-refractivity contribution is 9.10. The van der Waals surface area contributed by atoms with Gasteiger partial charge in [0.15, 0.2) is 0 Å². The van der Waals surface area contributed by atoms with E-state index in [0.29, 0.717) is 4.47 Å². The molecule has 0 radical (unpaired) electrons. The molecule has 0 unspecified atom stereocenters. The molecule has 0 fully saturated rings. The molecule has 0 aliphatic carbocycles. The summed E-state index contributed by atoms with van der Waals surface area (Å²) in [7, 11) is -9.83. The lowest BCUT2D eigenvalue weighted by atomic mass is 10.3. The van der Waals surface area contributed by atoms with Crippen molar-refractivity contribution in [1.82, 2.24) is 0 Å². The summed E-state index contributed by atoms with van der Waals surface area (Å²) in [6.07, 6.45) is 0. The van der Waals surface area contributed by atoms with Gasteiger partial charge in [-0.05, 0) is 30.3 Å². The van der Waals surface area contributed by atoms with E-state index in [9.17, 15) is 37.1 Å². The number of hydrogen-bond donors (Lipinski definition) is 0. The van der Waals surface area contributed by atoms with Crippen molar-refractivity contribution in [2.75, 3.05) is 3.71 Å². The van der Waals surface area contributed by atoms with Gasteiger partial charge in [0.25, 0.3) is 31.4 Å². The second kappa shape index (κ2) is 8.64. The van der Waals surface area contributed by atoms with E-state index in [4.69, 9.17) is 0 Å². The van der Waals surface area contributed by atoms with Crippen molar-refractivity contribution in [3.63, 3.8) is 0 Å². The number of rotatable bonds is 7. The number of nitrogens with zero attached hydrogens (tertiary/aromatic N) is 3. The number of anilines is 1. The summed E-state index contributed by atoms with van der Waals surface area (Å²) in [6, 6.07) is 13.1. The fourth-order valence-corrected chi connectivity index (χ4v) is 6.85. The zero-order valence-corrected chi connectivity index (χ0v) is 18.9. The maximum Gasteiger partial charge on any atom is 0.277 e. The topological polar surface area (TPSA) is 158 Å². The van der Waals surface area contributed by atoms with Crippen LogP contribution in [0.2, 0.25) is 0 Å². The molecule has 3 aromatic carbocycles. The third-order valence-corrected chi connectivity index (χ3v) is 8.77. The Labute approximate surface area is 190 Å². The van der Waals surface area contributed by atoms with Gasteiger partial charge in [0, 0.05) is 28.7 Å². The van der Waals surface area contributed by atoms with Crippen molar-refractivity contribution >= 4 is 53.0 Å². The molecule has 0 N–H and O–H groups in total. The van der Waals surface area contributed by atoms with Crippen LogP contribution in [0.25, 0.3) is 0 Å². The highest BCUT2D eigenvalue weighted by Gasteiger charge is 2.38. The standard InChI is InChI=1S/C18H12BrN3O8S2/c19-13-4-1-7-16(10-13)22(31(27,28)17-8-2-5-14(11-17)20(23)24)32(29,30)18-9-3-6-15(12-18)21(25)26/h1-12H. The minimum atomic E-state index is -4.92. The van der Waals surface area contributed by atoms with E-state index in [1.165, 1.54) is 24.3 Å². The molecule has 11 nitrogen and oxygen atoms in total. The minimum Gasteiger partial charge on any atom is -0.258 e. The second-order valence-electron chi connectivity index (χ2n) is 6.20. The third kappa shape index (κ3) is 4.46. The summed E-state index contributed by atoms with van der Waals surface area (Å²) in [4.78, 5) is 19.2. The van der Waals surface area contributed by atoms with Gasteiger partial charge in [0.1, 0.15) is 0 Å². The lowest BCUT2D eigenvalue weighted by Crippen LogP contribution is -2.37. The van der Waals surface area contributed by atoms with Gasteiger partial charge in [-0.25, -0.2) is 16.8 Å². The van der Waals surface area contributed by atoms with Crippen LogP contribution in [0.15, 0.2) is 87.1 Å². The van der Waals surface area contributed by atoms with Crippen molar-refractivity contribution < 1.29 is 26.7 Å². The van der Waals surface area contributed by atoms with E-state index in [0.717, 1.165) is 48.5 Å². The zero-order chi connectivity index (χ0) is 23.7. The van der Waals surface area contributed by atoms with E-state index in [2.05, 4.69) is 15.9 Å². The summed E-state index contributed by atoms with van der Waals surface area (Å²) in [5.74, 6) is 0. The molecule has 3 aromatic rings. The average molecular weight is 542 g/mol. The molecule has 0 aliphatic rings. The molecule has 0 saturated carbocycles. The maximum atomic E-state index is 13.4.